The number of carboxylic acid groups (broad SMARTS) is 2. The zero-order valence-electron chi connectivity index (χ0n) is 14.3. The molecule has 22 heavy (non-hydrogen) atoms. The molecule has 0 aromatic heterocycles. The van der Waals surface area contributed by atoms with Gasteiger partial charge >= 0.3 is 11.9 Å². The van der Waals surface area contributed by atoms with E-state index in [1.54, 1.807) is 0 Å². The highest BCUT2D eigenvalue weighted by Crippen LogP contribution is 2.15. The van der Waals surface area contributed by atoms with Crippen molar-refractivity contribution in [1.29, 1.82) is 0 Å². The number of hydrogen-bond donors (Lipinski definition) is 2. The van der Waals surface area contributed by atoms with Crippen LogP contribution >= 0.6 is 0 Å². The van der Waals surface area contributed by atoms with Gasteiger partial charge in [0.2, 0.25) is 0 Å². The molecule has 0 amide bonds. The van der Waals surface area contributed by atoms with Crippen LogP contribution in [-0.2, 0) is 19.1 Å². The van der Waals surface area contributed by atoms with Crippen LogP contribution in [0.3, 0.4) is 0 Å². The summed E-state index contributed by atoms with van der Waals surface area (Å²) in [6.45, 7) is 9.56. The molecule has 0 aromatic carbocycles. The van der Waals surface area contributed by atoms with Gasteiger partial charge in [-0.25, -0.2) is 0 Å². The first-order chi connectivity index (χ1) is 10.4. The summed E-state index contributed by atoms with van der Waals surface area (Å²) in [4.78, 5) is 21.3. The Morgan fingerprint density at radius 3 is 1.36 bits per heavy atom. The third-order valence-electron chi connectivity index (χ3n) is 2.82. The summed E-state index contributed by atoms with van der Waals surface area (Å²) < 4.78 is 10.4. The molecule has 2 atom stereocenters. The monoisotopic (exact) mass is 320 g/mol. The molecule has 0 saturated heterocycles. The predicted molar refractivity (Wildman–Crippen MR) is 85.1 cm³/mol. The summed E-state index contributed by atoms with van der Waals surface area (Å²) in [7, 11) is 0. The van der Waals surface area contributed by atoms with Crippen LogP contribution in [0.15, 0.2) is 0 Å². The Bertz CT molecular complexity index is 254. The Labute approximate surface area is 133 Å². The molecule has 0 spiro atoms. The van der Waals surface area contributed by atoms with E-state index in [2.05, 4.69) is 0 Å². The quantitative estimate of drug-likeness (QED) is 0.573. The summed E-state index contributed by atoms with van der Waals surface area (Å²) in [5, 5.41) is 17.5. The first kappa shape index (κ1) is 23.1. The molecular weight excluding hydrogens is 288 g/mol. The van der Waals surface area contributed by atoms with Crippen molar-refractivity contribution in [1.82, 2.24) is 0 Å². The van der Waals surface area contributed by atoms with Gasteiger partial charge < -0.3 is 19.7 Å². The van der Waals surface area contributed by atoms with Crippen molar-refractivity contribution in [3.63, 3.8) is 0 Å². The van der Waals surface area contributed by atoms with E-state index < -0.39 is 11.9 Å². The summed E-state index contributed by atoms with van der Waals surface area (Å²) in [6, 6.07) is 0. The highest BCUT2D eigenvalue weighted by Gasteiger charge is 2.20. The van der Waals surface area contributed by atoms with Crippen molar-refractivity contribution in [2.45, 2.75) is 78.4 Å². The second kappa shape index (κ2) is 16.2. The number of hydrogen-bond acceptors (Lipinski definition) is 4. The molecule has 6 heteroatoms. The van der Waals surface area contributed by atoms with E-state index in [1.165, 1.54) is 0 Å². The SMILES string of the molecule is CCCC(CC(=O)O)OC(CCC)CC(=O)O.CCOCC. The molecule has 0 aromatic rings. The third-order valence-corrected chi connectivity index (χ3v) is 2.82. The van der Waals surface area contributed by atoms with Crippen LogP contribution in [0.25, 0.3) is 0 Å². The molecule has 0 rings (SSSR count). The van der Waals surface area contributed by atoms with Crippen molar-refractivity contribution in [3.05, 3.63) is 0 Å². The highest BCUT2D eigenvalue weighted by atomic mass is 16.5. The average molecular weight is 320 g/mol. The van der Waals surface area contributed by atoms with Gasteiger partial charge in [-0.2, -0.15) is 0 Å². The molecule has 0 radical (unpaired) electrons. The Morgan fingerprint density at radius 2 is 1.18 bits per heavy atom. The van der Waals surface area contributed by atoms with E-state index in [0.29, 0.717) is 12.8 Å². The van der Waals surface area contributed by atoms with Crippen molar-refractivity contribution < 1.29 is 29.3 Å². The molecule has 0 saturated carbocycles. The van der Waals surface area contributed by atoms with E-state index in [4.69, 9.17) is 19.7 Å². The van der Waals surface area contributed by atoms with E-state index in [1.807, 2.05) is 27.7 Å². The normalized spacial score (nSPS) is 12.9. The Hall–Kier alpha value is -1.14. The maximum Gasteiger partial charge on any atom is 0.305 e. The van der Waals surface area contributed by atoms with Crippen molar-refractivity contribution >= 4 is 11.9 Å². The molecule has 0 aliphatic rings. The maximum atomic E-state index is 10.6. The summed E-state index contributed by atoms with van der Waals surface area (Å²) in [5.41, 5.74) is 0. The van der Waals surface area contributed by atoms with E-state index >= 15 is 0 Å². The van der Waals surface area contributed by atoms with Gasteiger partial charge in [0.1, 0.15) is 0 Å². The van der Waals surface area contributed by atoms with Gasteiger partial charge in [0.25, 0.3) is 0 Å². The van der Waals surface area contributed by atoms with Gasteiger partial charge in [-0.15, -0.1) is 0 Å². The second-order valence-electron chi connectivity index (χ2n) is 4.93. The molecule has 0 aliphatic carbocycles. The molecular formula is C16H32O6. The van der Waals surface area contributed by atoms with E-state index in [0.717, 1.165) is 26.1 Å². The topological polar surface area (TPSA) is 93.1 Å². The number of rotatable bonds is 12. The van der Waals surface area contributed by atoms with E-state index in [-0.39, 0.29) is 25.0 Å². The number of aliphatic carboxylic acids is 2. The lowest BCUT2D eigenvalue weighted by atomic mass is 10.1. The Balaban J connectivity index is 0. The predicted octanol–water partition coefficient (Wildman–Crippen LogP) is 3.33. The minimum absolute atomic E-state index is 0.0618. The summed E-state index contributed by atoms with van der Waals surface area (Å²) >= 11 is 0. The minimum atomic E-state index is -0.908. The lowest BCUT2D eigenvalue weighted by Crippen LogP contribution is -2.26. The molecule has 0 heterocycles. The molecule has 6 nitrogen and oxygen atoms in total. The fourth-order valence-electron chi connectivity index (χ4n) is 1.95. The first-order valence-corrected chi connectivity index (χ1v) is 8.07. The van der Waals surface area contributed by atoms with Crippen LogP contribution < -0.4 is 0 Å². The fourth-order valence-corrected chi connectivity index (χ4v) is 1.95. The van der Waals surface area contributed by atoms with Crippen LogP contribution in [0.5, 0.6) is 0 Å². The minimum Gasteiger partial charge on any atom is -0.481 e. The van der Waals surface area contributed by atoms with Crippen molar-refractivity contribution in [2.24, 2.45) is 0 Å². The molecule has 0 fully saturated rings. The maximum absolute atomic E-state index is 10.6. The smallest absolute Gasteiger partial charge is 0.305 e. The van der Waals surface area contributed by atoms with Gasteiger partial charge in [0, 0.05) is 13.2 Å². The zero-order chi connectivity index (χ0) is 17.4. The van der Waals surface area contributed by atoms with Gasteiger partial charge in [-0.05, 0) is 26.7 Å². The first-order valence-electron chi connectivity index (χ1n) is 8.07. The number of carboxylic acids is 2. The lowest BCUT2D eigenvalue weighted by Gasteiger charge is -2.22. The molecule has 0 bridgehead atoms. The van der Waals surface area contributed by atoms with Crippen molar-refractivity contribution in [3.8, 4) is 0 Å². The van der Waals surface area contributed by atoms with Crippen LogP contribution in [0.2, 0.25) is 0 Å². The zero-order valence-corrected chi connectivity index (χ0v) is 14.3. The average Bonchev–Trinajstić information content (AvgIpc) is 2.39. The number of carbonyl (C=O) groups is 2. The van der Waals surface area contributed by atoms with Gasteiger partial charge in [-0.3, -0.25) is 9.59 Å². The Kier molecular flexibility index (Phi) is 17.1. The number of ether oxygens (including phenoxy) is 2. The van der Waals surface area contributed by atoms with Crippen molar-refractivity contribution in [2.75, 3.05) is 13.2 Å². The molecule has 132 valence electrons. The summed E-state index contributed by atoms with van der Waals surface area (Å²) in [6.07, 6.45) is 2.05. The van der Waals surface area contributed by atoms with Gasteiger partial charge in [0.05, 0.1) is 25.0 Å². The van der Waals surface area contributed by atoms with Crippen LogP contribution in [0.1, 0.15) is 66.2 Å². The fraction of sp³-hybridized carbons (Fsp3) is 0.875. The lowest BCUT2D eigenvalue weighted by molar-refractivity contribution is -0.145. The molecule has 2 N–H and O–H groups in total. The van der Waals surface area contributed by atoms with E-state index in [9.17, 15) is 9.59 Å². The molecule has 2 unspecified atom stereocenters. The second-order valence-corrected chi connectivity index (χ2v) is 4.93. The highest BCUT2D eigenvalue weighted by molar-refractivity contribution is 5.68. The third kappa shape index (κ3) is 16.9. The largest absolute Gasteiger partial charge is 0.481 e. The van der Waals surface area contributed by atoms with Crippen LogP contribution in [0, 0.1) is 0 Å². The van der Waals surface area contributed by atoms with Gasteiger partial charge in [-0.1, -0.05) is 26.7 Å². The van der Waals surface area contributed by atoms with Crippen LogP contribution in [0.4, 0.5) is 0 Å². The van der Waals surface area contributed by atoms with Crippen LogP contribution in [-0.4, -0.2) is 47.6 Å². The molecule has 0 aliphatic heterocycles. The standard InChI is InChI=1S/C12H22O5.C4H10O/c1-3-5-9(7-11(13)14)17-10(6-4-2)8-12(15)16;1-3-5-4-2/h9-10H,3-8H2,1-2H3,(H,13,14)(H,15,16);3-4H2,1-2H3. The Morgan fingerprint density at radius 1 is 0.818 bits per heavy atom. The van der Waals surface area contributed by atoms with Gasteiger partial charge in [0.15, 0.2) is 0 Å². The summed E-state index contributed by atoms with van der Waals surface area (Å²) in [5.74, 6) is -1.82.